The van der Waals surface area contributed by atoms with Gasteiger partial charge in [-0.1, -0.05) is 30.3 Å². The minimum Gasteiger partial charge on any atom is -0.479 e. The first kappa shape index (κ1) is 20.5. The van der Waals surface area contributed by atoms with Crippen molar-refractivity contribution in [2.75, 3.05) is 17.2 Å². The van der Waals surface area contributed by atoms with E-state index in [1.54, 1.807) is 30.3 Å². The van der Waals surface area contributed by atoms with Crippen LogP contribution in [0.1, 0.15) is 37.3 Å². The first-order valence-corrected chi connectivity index (χ1v) is 9.49. The van der Waals surface area contributed by atoms with Crippen LogP contribution in [0.5, 0.6) is 0 Å². The Hall–Kier alpha value is -3.27. The zero-order valence-corrected chi connectivity index (χ0v) is 15.8. The zero-order chi connectivity index (χ0) is 20.8. The average Bonchev–Trinajstić information content (AvgIpc) is 2.72. The molecule has 0 unspecified atom stereocenters. The second-order valence-electron chi connectivity index (χ2n) is 7.17. The number of carbonyl (C=O) groups is 1. The molecule has 10 nitrogen and oxygen atoms in total. The number of aliphatic carboxylic acids is 1. The monoisotopic (exact) mass is 400 g/mol. The lowest BCUT2D eigenvalue weighted by Gasteiger charge is -2.26. The Morgan fingerprint density at radius 2 is 1.97 bits per heavy atom. The van der Waals surface area contributed by atoms with Crippen molar-refractivity contribution in [2.45, 2.75) is 37.8 Å². The normalized spacial score (nSPS) is 19.9. The lowest BCUT2D eigenvalue weighted by Crippen LogP contribution is -2.29. The van der Waals surface area contributed by atoms with Crippen molar-refractivity contribution in [3.8, 4) is 0 Å². The Balaban J connectivity index is 1.76. The molecule has 1 aliphatic rings. The zero-order valence-electron chi connectivity index (χ0n) is 15.8. The van der Waals surface area contributed by atoms with Crippen LogP contribution in [-0.4, -0.2) is 38.6 Å². The van der Waals surface area contributed by atoms with E-state index in [-0.39, 0.29) is 23.5 Å². The molecule has 0 aliphatic heterocycles. The largest absolute Gasteiger partial charge is 0.479 e. The predicted molar refractivity (Wildman–Crippen MR) is 108 cm³/mol. The Labute approximate surface area is 167 Å². The molecule has 154 valence electrons. The fourth-order valence-corrected chi connectivity index (χ4v) is 3.40. The van der Waals surface area contributed by atoms with Gasteiger partial charge in [0.2, 0.25) is 11.8 Å². The van der Waals surface area contributed by atoms with E-state index in [9.17, 15) is 20.0 Å². The van der Waals surface area contributed by atoms with Crippen LogP contribution in [0.15, 0.2) is 36.5 Å². The third-order valence-corrected chi connectivity index (χ3v) is 5.07. The first-order valence-electron chi connectivity index (χ1n) is 9.49. The molecule has 1 aromatic carbocycles. The molecule has 10 heteroatoms. The number of nitrogens with two attached hydrogens (primary N) is 1. The summed E-state index contributed by atoms with van der Waals surface area (Å²) >= 11 is 0. The van der Waals surface area contributed by atoms with Gasteiger partial charge in [-0.25, -0.2) is 9.78 Å². The summed E-state index contributed by atoms with van der Waals surface area (Å²) in [5.41, 5.74) is 6.19. The highest BCUT2D eigenvalue weighted by Crippen LogP contribution is 2.27. The Kier molecular flexibility index (Phi) is 6.55. The number of hydrogen-bond donors (Lipinski definition) is 4. The van der Waals surface area contributed by atoms with Crippen LogP contribution < -0.4 is 16.4 Å². The minimum atomic E-state index is -1.11. The van der Waals surface area contributed by atoms with E-state index in [2.05, 4.69) is 20.6 Å². The SMILES string of the molecule is NC1CCC(CNc2nc(N[C@@H](C(=O)O)c3ccccc3)ncc2[N+](=O)[O-])CC1. The van der Waals surface area contributed by atoms with Crippen molar-refractivity contribution in [3.63, 3.8) is 0 Å². The smallest absolute Gasteiger partial charge is 0.330 e. The maximum atomic E-state index is 11.7. The van der Waals surface area contributed by atoms with Crippen LogP contribution >= 0.6 is 0 Å². The molecule has 5 N–H and O–H groups in total. The topological polar surface area (TPSA) is 156 Å². The molecular formula is C19H24N6O4. The number of carboxylic acids is 1. The summed E-state index contributed by atoms with van der Waals surface area (Å²) in [4.78, 5) is 30.6. The number of nitrogens with zero attached hydrogens (tertiary/aromatic N) is 3. The van der Waals surface area contributed by atoms with Gasteiger partial charge in [0.05, 0.1) is 4.92 Å². The molecule has 0 saturated heterocycles. The molecule has 0 spiro atoms. The number of nitrogens with one attached hydrogen (secondary N) is 2. The molecule has 0 amide bonds. The minimum absolute atomic E-state index is 0.0000180. The third kappa shape index (κ3) is 5.38. The van der Waals surface area contributed by atoms with Crippen LogP contribution in [0.25, 0.3) is 0 Å². The van der Waals surface area contributed by atoms with Crippen molar-refractivity contribution in [1.29, 1.82) is 0 Å². The van der Waals surface area contributed by atoms with E-state index < -0.39 is 16.9 Å². The van der Waals surface area contributed by atoms with Crippen molar-refractivity contribution in [2.24, 2.45) is 11.7 Å². The van der Waals surface area contributed by atoms with E-state index in [1.165, 1.54) is 0 Å². The summed E-state index contributed by atoms with van der Waals surface area (Å²) in [5.74, 6) is -0.678. The molecule has 1 aromatic heterocycles. The first-order chi connectivity index (χ1) is 13.9. The number of hydrogen-bond acceptors (Lipinski definition) is 8. The fourth-order valence-electron chi connectivity index (χ4n) is 3.40. The molecule has 0 radical (unpaired) electrons. The van der Waals surface area contributed by atoms with E-state index in [4.69, 9.17) is 5.73 Å². The number of benzene rings is 1. The summed E-state index contributed by atoms with van der Waals surface area (Å²) in [6.45, 7) is 0.533. The van der Waals surface area contributed by atoms with Gasteiger partial charge in [-0.15, -0.1) is 0 Å². The van der Waals surface area contributed by atoms with E-state index in [0.29, 0.717) is 18.0 Å². The molecule has 1 aliphatic carbocycles. The molecule has 29 heavy (non-hydrogen) atoms. The number of carboxylic acid groups (broad SMARTS) is 1. The van der Waals surface area contributed by atoms with Gasteiger partial charge >= 0.3 is 11.7 Å². The molecule has 0 bridgehead atoms. The van der Waals surface area contributed by atoms with Crippen molar-refractivity contribution in [3.05, 3.63) is 52.2 Å². The standard InChI is InChI=1S/C19H24N6O4/c20-14-8-6-12(7-9-14)10-21-17-15(25(28)29)11-22-19(24-17)23-16(18(26)27)13-4-2-1-3-5-13/h1-5,11-12,14,16H,6-10,20H2,(H,26,27)(H2,21,22,23,24)/t12?,14?,16-/m1/s1. The van der Waals surface area contributed by atoms with E-state index >= 15 is 0 Å². The van der Waals surface area contributed by atoms with Crippen molar-refractivity contribution < 1.29 is 14.8 Å². The Bertz CT molecular complexity index is 855. The highest BCUT2D eigenvalue weighted by Gasteiger charge is 2.24. The Morgan fingerprint density at radius 3 is 2.59 bits per heavy atom. The summed E-state index contributed by atoms with van der Waals surface area (Å²) < 4.78 is 0. The Morgan fingerprint density at radius 1 is 1.28 bits per heavy atom. The molecule has 1 fully saturated rings. The van der Waals surface area contributed by atoms with Crippen LogP contribution in [0, 0.1) is 16.0 Å². The lowest BCUT2D eigenvalue weighted by atomic mass is 9.86. The van der Waals surface area contributed by atoms with Gasteiger partial charge in [-0.2, -0.15) is 4.98 Å². The van der Waals surface area contributed by atoms with Crippen LogP contribution in [-0.2, 0) is 4.79 Å². The van der Waals surface area contributed by atoms with Crippen LogP contribution in [0.4, 0.5) is 17.5 Å². The number of anilines is 2. The van der Waals surface area contributed by atoms with Gasteiger partial charge in [0, 0.05) is 12.6 Å². The summed E-state index contributed by atoms with van der Waals surface area (Å²) in [6.07, 6.45) is 4.85. The molecule has 1 saturated carbocycles. The van der Waals surface area contributed by atoms with E-state index in [0.717, 1.165) is 31.9 Å². The summed E-state index contributed by atoms with van der Waals surface area (Å²) in [7, 11) is 0. The number of rotatable bonds is 8. The van der Waals surface area contributed by atoms with Gasteiger partial charge in [0.1, 0.15) is 6.20 Å². The lowest BCUT2D eigenvalue weighted by molar-refractivity contribution is -0.384. The number of nitro groups is 1. The molecule has 2 aromatic rings. The van der Waals surface area contributed by atoms with Crippen molar-refractivity contribution >= 4 is 23.4 Å². The van der Waals surface area contributed by atoms with Gasteiger partial charge in [0.25, 0.3) is 0 Å². The second-order valence-corrected chi connectivity index (χ2v) is 7.17. The van der Waals surface area contributed by atoms with E-state index in [1.807, 2.05) is 0 Å². The number of aromatic nitrogens is 2. The third-order valence-electron chi connectivity index (χ3n) is 5.07. The molecule has 1 atom stereocenters. The maximum Gasteiger partial charge on any atom is 0.330 e. The average molecular weight is 400 g/mol. The van der Waals surface area contributed by atoms with Gasteiger partial charge in [-0.3, -0.25) is 10.1 Å². The van der Waals surface area contributed by atoms with Gasteiger partial charge in [-0.05, 0) is 37.2 Å². The predicted octanol–water partition coefficient (Wildman–Crippen LogP) is 2.55. The van der Waals surface area contributed by atoms with Crippen LogP contribution in [0.2, 0.25) is 0 Å². The summed E-state index contributed by atoms with van der Waals surface area (Å²) in [5, 5.41) is 26.7. The van der Waals surface area contributed by atoms with Gasteiger partial charge in [0.15, 0.2) is 6.04 Å². The molecule has 1 heterocycles. The van der Waals surface area contributed by atoms with Crippen molar-refractivity contribution in [1.82, 2.24) is 9.97 Å². The fraction of sp³-hybridized carbons (Fsp3) is 0.421. The quantitative estimate of drug-likeness (QED) is 0.386. The second kappa shape index (κ2) is 9.28. The molecular weight excluding hydrogens is 376 g/mol. The highest BCUT2D eigenvalue weighted by atomic mass is 16.6. The maximum absolute atomic E-state index is 11.7. The highest BCUT2D eigenvalue weighted by molar-refractivity contribution is 5.78. The van der Waals surface area contributed by atoms with Crippen LogP contribution in [0.3, 0.4) is 0 Å². The summed E-state index contributed by atoms with van der Waals surface area (Å²) in [6, 6.07) is 7.73. The molecule has 3 rings (SSSR count). The van der Waals surface area contributed by atoms with Gasteiger partial charge < -0.3 is 21.5 Å².